The number of nitrogens with one attached hydrogen (secondary N) is 2. The van der Waals surface area contributed by atoms with Gasteiger partial charge in [-0.3, -0.25) is 0 Å². The fourth-order valence-electron chi connectivity index (χ4n) is 2.10. The van der Waals surface area contributed by atoms with Crippen LogP contribution in [0.4, 0.5) is 0 Å². The van der Waals surface area contributed by atoms with Crippen LogP contribution in [0.1, 0.15) is 25.1 Å². The monoisotopic (exact) mass is 458 g/mol. The summed E-state index contributed by atoms with van der Waals surface area (Å²) in [6, 6.07) is 8.10. The van der Waals surface area contributed by atoms with Gasteiger partial charge in [-0.2, -0.15) is 0 Å². The molecule has 0 aliphatic carbocycles. The molecule has 0 saturated carbocycles. The van der Waals surface area contributed by atoms with Gasteiger partial charge in [0.05, 0.1) is 13.2 Å². The predicted octanol–water partition coefficient (Wildman–Crippen LogP) is 3.36. The summed E-state index contributed by atoms with van der Waals surface area (Å²) in [4.78, 5) is 9.02. The summed E-state index contributed by atoms with van der Waals surface area (Å²) in [5.74, 6) is 1.37. The molecule has 25 heavy (non-hydrogen) atoms. The van der Waals surface area contributed by atoms with E-state index in [0.717, 1.165) is 30.4 Å². The Morgan fingerprint density at radius 2 is 1.96 bits per heavy atom. The fraction of sp³-hybridized carbons (Fsp3) is 0.444. The molecule has 0 aliphatic rings. The van der Waals surface area contributed by atoms with E-state index in [1.165, 1.54) is 5.56 Å². The molecule has 1 aromatic carbocycles. The average Bonchev–Trinajstić information content (AvgIpc) is 3.06. The zero-order chi connectivity index (χ0) is 17.2. The minimum Gasteiger partial charge on any atom is -0.444 e. The first-order chi connectivity index (χ1) is 11.7. The van der Waals surface area contributed by atoms with Gasteiger partial charge in [-0.15, -0.1) is 24.0 Å². The number of nitrogens with zero attached hydrogens (tertiary/aromatic N) is 2. The average molecular weight is 458 g/mol. The normalized spacial score (nSPS) is 11.1. The van der Waals surface area contributed by atoms with E-state index in [2.05, 4.69) is 27.5 Å². The molecule has 7 heteroatoms. The van der Waals surface area contributed by atoms with Crippen LogP contribution < -0.4 is 10.6 Å². The van der Waals surface area contributed by atoms with E-state index in [9.17, 15) is 0 Å². The Labute approximate surface area is 166 Å². The summed E-state index contributed by atoms with van der Waals surface area (Å²) >= 11 is 0. The summed E-state index contributed by atoms with van der Waals surface area (Å²) in [6.45, 7) is 9.42. The van der Waals surface area contributed by atoms with E-state index in [0.29, 0.717) is 25.6 Å². The molecule has 1 aromatic heterocycles. The maximum absolute atomic E-state index is 5.55. The molecule has 2 N–H and O–H groups in total. The number of aromatic nitrogens is 1. The van der Waals surface area contributed by atoms with Gasteiger partial charge in [0.15, 0.2) is 5.96 Å². The van der Waals surface area contributed by atoms with Crippen molar-refractivity contribution in [3.8, 4) is 11.5 Å². The van der Waals surface area contributed by atoms with Crippen molar-refractivity contribution in [2.45, 2.75) is 27.3 Å². The zero-order valence-corrected chi connectivity index (χ0v) is 17.4. The lowest BCUT2D eigenvalue weighted by Gasteiger charge is -2.10. The summed E-state index contributed by atoms with van der Waals surface area (Å²) in [6.07, 6.45) is 1.66. The topological polar surface area (TPSA) is 71.7 Å². The largest absolute Gasteiger partial charge is 0.444 e. The van der Waals surface area contributed by atoms with Crippen molar-refractivity contribution in [3.05, 3.63) is 41.8 Å². The van der Waals surface area contributed by atoms with Gasteiger partial charge in [0.2, 0.25) is 5.89 Å². The van der Waals surface area contributed by atoms with E-state index in [1.54, 1.807) is 6.26 Å². The standard InChI is InChI=1S/C18H26N4O2.HI/c1-4-19-18(20-10-11-23-5-2)21-12-16-13-24-17(22-16)15-8-6-14(3)7-9-15;/h6-9,13H,4-5,10-12H2,1-3H3,(H2,19,20,21);1H. The van der Waals surface area contributed by atoms with Crippen molar-refractivity contribution in [2.75, 3.05) is 26.3 Å². The number of aliphatic imine (C=N–C) groups is 1. The first-order valence-corrected chi connectivity index (χ1v) is 8.34. The van der Waals surface area contributed by atoms with E-state index >= 15 is 0 Å². The summed E-state index contributed by atoms with van der Waals surface area (Å²) in [5, 5.41) is 6.43. The van der Waals surface area contributed by atoms with Gasteiger partial charge >= 0.3 is 0 Å². The maximum atomic E-state index is 5.55. The van der Waals surface area contributed by atoms with Gasteiger partial charge in [-0.05, 0) is 32.9 Å². The number of hydrogen-bond acceptors (Lipinski definition) is 4. The third kappa shape index (κ3) is 7.43. The number of aryl methyl sites for hydroxylation is 1. The van der Waals surface area contributed by atoms with Gasteiger partial charge in [-0.1, -0.05) is 17.7 Å². The van der Waals surface area contributed by atoms with Gasteiger partial charge < -0.3 is 19.8 Å². The second kappa shape index (κ2) is 11.9. The molecular weight excluding hydrogens is 431 g/mol. The smallest absolute Gasteiger partial charge is 0.226 e. The number of ether oxygens (including phenoxy) is 1. The SMILES string of the molecule is CCNC(=NCc1coc(-c2ccc(C)cc2)n1)NCCOCC.I. The lowest BCUT2D eigenvalue weighted by Crippen LogP contribution is -2.39. The Hall–Kier alpha value is -1.61. The molecule has 2 aromatic rings. The van der Waals surface area contributed by atoms with E-state index in [-0.39, 0.29) is 24.0 Å². The van der Waals surface area contributed by atoms with Crippen molar-refractivity contribution >= 4 is 29.9 Å². The van der Waals surface area contributed by atoms with Gasteiger partial charge in [0.1, 0.15) is 12.0 Å². The molecular formula is C18H27IN4O2. The number of guanidine groups is 1. The Balaban J connectivity index is 0.00000312. The number of oxazole rings is 1. The Morgan fingerprint density at radius 1 is 1.20 bits per heavy atom. The molecule has 6 nitrogen and oxygen atoms in total. The molecule has 0 bridgehead atoms. The van der Waals surface area contributed by atoms with E-state index in [4.69, 9.17) is 9.15 Å². The molecule has 0 radical (unpaired) electrons. The van der Waals surface area contributed by atoms with Crippen LogP contribution in [0, 0.1) is 6.92 Å². The molecule has 0 atom stereocenters. The lowest BCUT2D eigenvalue weighted by atomic mass is 10.1. The van der Waals surface area contributed by atoms with Crippen molar-refractivity contribution in [1.82, 2.24) is 15.6 Å². The zero-order valence-electron chi connectivity index (χ0n) is 15.0. The molecule has 0 saturated heterocycles. The van der Waals surface area contributed by atoms with Gasteiger partial charge in [0.25, 0.3) is 0 Å². The summed E-state index contributed by atoms with van der Waals surface area (Å²) < 4.78 is 10.9. The first kappa shape index (κ1) is 21.4. The Morgan fingerprint density at radius 3 is 2.64 bits per heavy atom. The van der Waals surface area contributed by atoms with Crippen LogP contribution in [0.15, 0.2) is 39.9 Å². The first-order valence-electron chi connectivity index (χ1n) is 8.34. The van der Waals surface area contributed by atoms with Crippen LogP contribution in [-0.4, -0.2) is 37.2 Å². The Bertz CT molecular complexity index is 641. The quantitative estimate of drug-likeness (QED) is 0.275. The van der Waals surface area contributed by atoms with Crippen molar-refractivity contribution in [3.63, 3.8) is 0 Å². The van der Waals surface area contributed by atoms with Crippen LogP contribution in [0.5, 0.6) is 0 Å². The molecule has 138 valence electrons. The fourth-order valence-corrected chi connectivity index (χ4v) is 2.10. The summed E-state index contributed by atoms with van der Waals surface area (Å²) in [5.41, 5.74) is 2.98. The molecule has 0 unspecified atom stereocenters. The van der Waals surface area contributed by atoms with Crippen molar-refractivity contribution in [1.29, 1.82) is 0 Å². The second-order valence-electron chi connectivity index (χ2n) is 5.33. The van der Waals surface area contributed by atoms with Crippen LogP contribution in [0.3, 0.4) is 0 Å². The highest BCUT2D eigenvalue weighted by Crippen LogP contribution is 2.19. The van der Waals surface area contributed by atoms with Gasteiger partial charge in [0, 0.05) is 25.3 Å². The van der Waals surface area contributed by atoms with E-state index in [1.807, 2.05) is 38.1 Å². The van der Waals surface area contributed by atoms with Crippen LogP contribution in [0.2, 0.25) is 0 Å². The highest BCUT2D eigenvalue weighted by Gasteiger charge is 2.06. The molecule has 2 rings (SSSR count). The molecule has 1 heterocycles. The lowest BCUT2D eigenvalue weighted by molar-refractivity contribution is 0.152. The highest BCUT2D eigenvalue weighted by atomic mass is 127. The Kier molecular flexibility index (Phi) is 10.2. The minimum atomic E-state index is 0. The molecule has 0 amide bonds. The second-order valence-corrected chi connectivity index (χ2v) is 5.33. The molecule has 0 fully saturated rings. The van der Waals surface area contributed by atoms with Crippen LogP contribution >= 0.6 is 24.0 Å². The molecule has 0 spiro atoms. The number of halogens is 1. The van der Waals surface area contributed by atoms with Crippen LogP contribution in [0.25, 0.3) is 11.5 Å². The third-order valence-corrected chi connectivity index (χ3v) is 3.34. The maximum Gasteiger partial charge on any atom is 0.226 e. The number of rotatable bonds is 8. The number of hydrogen-bond donors (Lipinski definition) is 2. The summed E-state index contributed by atoms with van der Waals surface area (Å²) in [7, 11) is 0. The minimum absolute atomic E-state index is 0. The van der Waals surface area contributed by atoms with Gasteiger partial charge in [-0.25, -0.2) is 9.98 Å². The highest BCUT2D eigenvalue weighted by molar-refractivity contribution is 14.0. The third-order valence-electron chi connectivity index (χ3n) is 3.34. The van der Waals surface area contributed by atoms with Crippen molar-refractivity contribution in [2.24, 2.45) is 4.99 Å². The van der Waals surface area contributed by atoms with Crippen molar-refractivity contribution < 1.29 is 9.15 Å². The van der Waals surface area contributed by atoms with E-state index < -0.39 is 0 Å². The van der Waals surface area contributed by atoms with Crippen LogP contribution in [-0.2, 0) is 11.3 Å². The molecule has 0 aliphatic heterocycles. The number of benzene rings is 1. The predicted molar refractivity (Wildman–Crippen MR) is 111 cm³/mol.